The molecule has 0 saturated heterocycles. The van der Waals surface area contributed by atoms with Crippen LogP contribution >= 0.6 is 0 Å². The smallest absolute Gasteiger partial charge is 0.280 e. The largest absolute Gasteiger partial charge is 0.298 e. The van der Waals surface area contributed by atoms with Crippen LogP contribution in [0.25, 0.3) is 11.1 Å². The molecule has 0 heterocycles. The van der Waals surface area contributed by atoms with Gasteiger partial charge < -0.3 is 0 Å². The number of carbonyl (C=O) groups is 1. The van der Waals surface area contributed by atoms with Gasteiger partial charge in [0.1, 0.15) is 0 Å². The van der Waals surface area contributed by atoms with Crippen molar-refractivity contribution in [3.8, 4) is 11.1 Å². The van der Waals surface area contributed by atoms with Gasteiger partial charge >= 0.3 is 0 Å². The van der Waals surface area contributed by atoms with Gasteiger partial charge in [0.15, 0.2) is 23.7 Å². The maximum atomic E-state index is 13.1. The summed E-state index contributed by atoms with van der Waals surface area (Å²) in [6, 6.07) is 4.87. The summed E-state index contributed by atoms with van der Waals surface area (Å²) >= 11 is 0. The zero-order chi connectivity index (χ0) is 14.9. The van der Waals surface area contributed by atoms with E-state index < -0.39 is 28.1 Å². The number of halogens is 3. The highest BCUT2D eigenvalue weighted by Gasteiger charge is 2.17. The normalized spacial score (nSPS) is 10.3. The lowest BCUT2D eigenvalue weighted by Gasteiger charge is -2.05. The highest BCUT2D eigenvalue weighted by Crippen LogP contribution is 2.28. The lowest BCUT2D eigenvalue weighted by Crippen LogP contribution is -1.96. The molecule has 0 aliphatic heterocycles. The summed E-state index contributed by atoms with van der Waals surface area (Å²) in [6.45, 7) is 0. The monoisotopic (exact) mass is 281 g/mol. The van der Waals surface area contributed by atoms with E-state index in [1.807, 2.05) is 0 Å². The molecule has 20 heavy (non-hydrogen) atoms. The minimum atomic E-state index is -1.62. The molecular weight excluding hydrogens is 275 g/mol. The minimum Gasteiger partial charge on any atom is -0.298 e. The summed E-state index contributed by atoms with van der Waals surface area (Å²) in [5.41, 5.74) is -0.633. The quantitative estimate of drug-likeness (QED) is 0.374. The highest BCUT2D eigenvalue weighted by atomic mass is 19.2. The Hall–Kier alpha value is -2.70. The van der Waals surface area contributed by atoms with Gasteiger partial charge in [0.2, 0.25) is 0 Å². The number of benzene rings is 2. The van der Waals surface area contributed by atoms with Gasteiger partial charge in [-0.05, 0) is 29.3 Å². The third-order valence-electron chi connectivity index (χ3n) is 2.67. The highest BCUT2D eigenvalue weighted by molar-refractivity contribution is 5.83. The number of rotatable bonds is 3. The van der Waals surface area contributed by atoms with E-state index in [0.29, 0.717) is 6.29 Å². The van der Waals surface area contributed by atoms with E-state index in [1.165, 1.54) is 6.07 Å². The van der Waals surface area contributed by atoms with Gasteiger partial charge in [-0.15, -0.1) is 0 Å². The van der Waals surface area contributed by atoms with E-state index in [-0.39, 0.29) is 16.7 Å². The summed E-state index contributed by atoms with van der Waals surface area (Å²) in [5, 5.41) is 10.8. The van der Waals surface area contributed by atoms with Gasteiger partial charge in [-0.3, -0.25) is 14.9 Å². The van der Waals surface area contributed by atoms with Crippen molar-refractivity contribution in [1.29, 1.82) is 0 Å². The van der Waals surface area contributed by atoms with Crippen LogP contribution < -0.4 is 0 Å². The molecule has 0 amide bonds. The zero-order valence-corrected chi connectivity index (χ0v) is 9.77. The van der Waals surface area contributed by atoms with Crippen LogP contribution in [-0.2, 0) is 0 Å². The maximum absolute atomic E-state index is 13.1. The molecular formula is C13H6F3NO3. The first kappa shape index (κ1) is 13.7. The van der Waals surface area contributed by atoms with Gasteiger partial charge in [0.25, 0.3) is 5.69 Å². The van der Waals surface area contributed by atoms with Crippen molar-refractivity contribution in [3.63, 3.8) is 0 Å². The van der Waals surface area contributed by atoms with Crippen LogP contribution in [0.2, 0.25) is 0 Å². The Kier molecular flexibility index (Phi) is 3.51. The van der Waals surface area contributed by atoms with Crippen molar-refractivity contribution in [3.05, 3.63) is 63.5 Å². The van der Waals surface area contributed by atoms with E-state index in [2.05, 4.69) is 0 Å². The van der Waals surface area contributed by atoms with E-state index in [0.717, 1.165) is 24.3 Å². The molecule has 7 heteroatoms. The fourth-order valence-electron chi connectivity index (χ4n) is 1.70. The Bertz CT molecular complexity index is 693. The van der Waals surface area contributed by atoms with Crippen LogP contribution in [0, 0.1) is 27.6 Å². The molecule has 0 fully saturated rings. The summed E-state index contributed by atoms with van der Waals surface area (Å²) in [7, 11) is 0. The number of nitrogens with zero attached hydrogens (tertiary/aromatic N) is 1. The molecule has 0 spiro atoms. The van der Waals surface area contributed by atoms with Crippen LogP contribution in [0.15, 0.2) is 30.3 Å². The first-order chi connectivity index (χ1) is 9.43. The third-order valence-corrected chi connectivity index (χ3v) is 2.67. The first-order valence-corrected chi connectivity index (χ1v) is 5.32. The number of hydrogen-bond acceptors (Lipinski definition) is 3. The second-order valence-electron chi connectivity index (χ2n) is 3.90. The summed E-state index contributed by atoms with van der Waals surface area (Å²) < 4.78 is 39.1. The predicted octanol–water partition coefficient (Wildman–Crippen LogP) is 3.49. The van der Waals surface area contributed by atoms with Crippen molar-refractivity contribution in [2.75, 3.05) is 0 Å². The molecule has 2 aromatic carbocycles. The number of nitro benzene ring substituents is 1. The molecule has 0 radical (unpaired) electrons. The number of aldehydes is 1. The molecule has 0 atom stereocenters. The molecule has 0 aliphatic rings. The van der Waals surface area contributed by atoms with Gasteiger partial charge in [-0.25, -0.2) is 13.2 Å². The van der Waals surface area contributed by atoms with Crippen LogP contribution in [-0.4, -0.2) is 11.2 Å². The summed E-state index contributed by atoms with van der Waals surface area (Å²) in [4.78, 5) is 20.7. The average Bonchev–Trinajstić information content (AvgIpc) is 2.43. The molecule has 0 saturated carbocycles. The van der Waals surface area contributed by atoms with Crippen molar-refractivity contribution >= 4 is 12.0 Å². The van der Waals surface area contributed by atoms with E-state index in [1.54, 1.807) is 0 Å². The molecule has 102 valence electrons. The topological polar surface area (TPSA) is 60.2 Å². The SMILES string of the molecule is O=Cc1ccc(-c2cc(F)c(F)c(F)c2)cc1[N+](=O)[O-]. The standard InChI is InChI=1S/C13H6F3NO3/c14-10-3-9(4-11(15)13(10)16)7-1-2-8(6-18)12(5-7)17(19)20/h1-6H. The summed E-state index contributed by atoms with van der Waals surface area (Å²) in [6.07, 6.45) is 0.299. The van der Waals surface area contributed by atoms with Crippen molar-refractivity contribution < 1.29 is 22.9 Å². The van der Waals surface area contributed by atoms with Gasteiger partial charge in [0, 0.05) is 6.07 Å². The summed E-state index contributed by atoms with van der Waals surface area (Å²) in [5.74, 6) is -4.42. The third kappa shape index (κ3) is 2.37. The molecule has 0 unspecified atom stereocenters. The molecule has 0 N–H and O–H groups in total. The Morgan fingerprint density at radius 1 is 1.00 bits per heavy atom. The van der Waals surface area contributed by atoms with Crippen LogP contribution in [0.1, 0.15) is 10.4 Å². The molecule has 2 rings (SSSR count). The van der Waals surface area contributed by atoms with Gasteiger partial charge in [-0.2, -0.15) is 0 Å². The minimum absolute atomic E-state index is 0.0676. The van der Waals surface area contributed by atoms with Crippen LogP contribution in [0.3, 0.4) is 0 Å². The fourth-order valence-corrected chi connectivity index (χ4v) is 1.70. The lowest BCUT2D eigenvalue weighted by atomic mass is 10.0. The van der Waals surface area contributed by atoms with Gasteiger partial charge in [-0.1, -0.05) is 6.07 Å². The maximum Gasteiger partial charge on any atom is 0.280 e. The van der Waals surface area contributed by atoms with E-state index in [9.17, 15) is 28.1 Å². The Labute approximate surface area is 110 Å². The van der Waals surface area contributed by atoms with Crippen LogP contribution in [0.4, 0.5) is 18.9 Å². The number of hydrogen-bond donors (Lipinski definition) is 0. The van der Waals surface area contributed by atoms with Crippen LogP contribution in [0.5, 0.6) is 0 Å². The lowest BCUT2D eigenvalue weighted by molar-refractivity contribution is -0.385. The second kappa shape index (κ2) is 5.12. The van der Waals surface area contributed by atoms with Crippen molar-refractivity contribution in [2.45, 2.75) is 0 Å². The average molecular weight is 281 g/mol. The van der Waals surface area contributed by atoms with Gasteiger partial charge in [0.05, 0.1) is 10.5 Å². The second-order valence-corrected chi connectivity index (χ2v) is 3.90. The Morgan fingerprint density at radius 3 is 2.10 bits per heavy atom. The van der Waals surface area contributed by atoms with Crippen molar-refractivity contribution in [2.24, 2.45) is 0 Å². The van der Waals surface area contributed by atoms with Crippen molar-refractivity contribution in [1.82, 2.24) is 0 Å². The Morgan fingerprint density at radius 2 is 1.60 bits per heavy atom. The predicted molar refractivity (Wildman–Crippen MR) is 63.8 cm³/mol. The van der Waals surface area contributed by atoms with E-state index in [4.69, 9.17) is 0 Å². The fraction of sp³-hybridized carbons (Fsp3) is 0. The zero-order valence-electron chi connectivity index (χ0n) is 9.77. The number of carbonyl (C=O) groups excluding carboxylic acids is 1. The molecule has 0 bridgehead atoms. The molecule has 4 nitrogen and oxygen atoms in total. The number of nitro groups is 1. The molecule has 0 aliphatic carbocycles. The molecule has 0 aromatic heterocycles. The Balaban J connectivity index is 2.62. The van der Waals surface area contributed by atoms with E-state index >= 15 is 0 Å². The molecule has 2 aromatic rings. The first-order valence-electron chi connectivity index (χ1n) is 5.32.